The summed E-state index contributed by atoms with van der Waals surface area (Å²) in [4.78, 5) is 11.1. The van der Waals surface area contributed by atoms with E-state index in [4.69, 9.17) is 5.11 Å². The monoisotopic (exact) mass is 284 g/mol. The minimum Gasteiger partial charge on any atom is -0.480 e. The van der Waals surface area contributed by atoms with Gasteiger partial charge in [-0.05, 0) is 29.5 Å². The number of aliphatic carboxylic acids is 1. The molecule has 0 fully saturated rings. The molecular weight excluding hydrogens is 264 g/mol. The standard InChI is InChI=1S/C14H20O4S/c1-5-12(13(15)16)19(17,18)11-8-6-10(7-9-11)14(2,3)4/h6-9,12H,5H2,1-4H3,(H,15,16). The third-order valence-corrected chi connectivity index (χ3v) is 5.28. The van der Waals surface area contributed by atoms with Crippen LogP contribution in [0.25, 0.3) is 0 Å². The van der Waals surface area contributed by atoms with Crippen molar-refractivity contribution in [1.29, 1.82) is 0 Å². The lowest BCUT2D eigenvalue weighted by molar-refractivity contribution is -0.136. The first-order chi connectivity index (χ1) is 8.60. The Balaban J connectivity index is 3.20. The second-order valence-electron chi connectivity index (χ2n) is 5.55. The number of carbonyl (C=O) groups is 1. The van der Waals surface area contributed by atoms with Gasteiger partial charge in [0.05, 0.1) is 4.90 Å². The fourth-order valence-electron chi connectivity index (χ4n) is 1.84. The summed E-state index contributed by atoms with van der Waals surface area (Å²) in [6.45, 7) is 7.65. The largest absolute Gasteiger partial charge is 0.480 e. The molecule has 1 unspecified atom stereocenters. The Labute approximate surface area is 114 Å². The van der Waals surface area contributed by atoms with E-state index in [1.807, 2.05) is 20.8 Å². The average Bonchev–Trinajstić information content (AvgIpc) is 2.28. The molecule has 0 saturated carbocycles. The van der Waals surface area contributed by atoms with Crippen LogP contribution in [0.1, 0.15) is 39.7 Å². The molecule has 106 valence electrons. The molecule has 5 heteroatoms. The zero-order valence-electron chi connectivity index (χ0n) is 11.7. The van der Waals surface area contributed by atoms with Gasteiger partial charge in [-0.15, -0.1) is 0 Å². The van der Waals surface area contributed by atoms with E-state index in [1.165, 1.54) is 12.1 Å². The number of benzene rings is 1. The minimum atomic E-state index is -3.81. The van der Waals surface area contributed by atoms with Crippen molar-refractivity contribution in [2.75, 3.05) is 0 Å². The van der Waals surface area contributed by atoms with E-state index in [9.17, 15) is 13.2 Å². The normalized spacial score (nSPS) is 14.1. The maximum absolute atomic E-state index is 12.2. The summed E-state index contributed by atoms with van der Waals surface area (Å²) in [5, 5.41) is 7.59. The molecule has 1 aromatic rings. The SMILES string of the molecule is CCC(C(=O)O)S(=O)(=O)c1ccc(C(C)(C)C)cc1. The van der Waals surface area contributed by atoms with Crippen LogP contribution in [0, 0.1) is 0 Å². The highest BCUT2D eigenvalue weighted by Gasteiger charge is 2.32. The second kappa shape index (κ2) is 5.33. The molecule has 1 aromatic carbocycles. The summed E-state index contributed by atoms with van der Waals surface area (Å²) in [5.41, 5.74) is 0.939. The van der Waals surface area contributed by atoms with Crippen molar-refractivity contribution in [3.8, 4) is 0 Å². The van der Waals surface area contributed by atoms with Crippen LogP contribution >= 0.6 is 0 Å². The van der Waals surface area contributed by atoms with Crippen molar-refractivity contribution in [3.05, 3.63) is 29.8 Å². The summed E-state index contributed by atoms with van der Waals surface area (Å²) in [5.74, 6) is -1.30. The van der Waals surface area contributed by atoms with E-state index >= 15 is 0 Å². The average molecular weight is 284 g/mol. The van der Waals surface area contributed by atoms with Crippen molar-refractivity contribution in [2.24, 2.45) is 0 Å². The molecular formula is C14H20O4S. The highest BCUT2D eigenvalue weighted by atomic mass is 32.2. The van der Waals surface area contributed by atoms with Crippen LogP contribution in [-0.2, 0) is 20.0 Å². The van der Waals surface area contributed by atoms with Gasteiger partial charge in [0.15, 0.2) is 15.1 Å². The molecule has 0 aromatic heterocycles. The fourth-order valence-corrected chi connectivity index (χ4v) is 3.38. The van der Waals surface area contributed by atoms with Crippen LogP contribution in [-0.4, -0.2) is 24.7 Å². The first-order valence-corrected chi connectivity index (χ1v) is 7.72. The van der Waals surface area contributed by atoms with Gasteiger partial charge in [-0.1, -0.05) is 39.8 Å². The Morgan fingerprint density at radius 1 is 1.21 bits per heavy atom. The van der Waals surface area contributed by atoms with Gasteiger partial charge in [0, 0.05) is 0 Å². The summed E-state index contributed by atoms with van der Waals surface area (Å²) in [6, 6.07) is 6.45. The van der Waals surface area contributed by atoms with Gasteiger partial charge in [-0.2, -0.15) is 0 Å². The van der Waals surface area contributed by atoms with Crippen LogP contribution in [0.5, 0.6) is 0 Å². The molecule has 0 radical (unpaired) electrons. The molecule has 0 aliphatic heterocycles. The molecule has 19 heavy (non-hydrogen) atoms. The lowest BCUT2D eigenvalue weighted by Gasteiger charge is -2.19. The Morgan fingerprint density at radius 3 is 2.00 bits per heavy atom. The van der Waals surface area contributed by atoms with E-state index in [1.54, 1.807) is 19.1 Å². The quantitative estimate of drug-likeness (QED) is 0.922. The van der Waals surface area contributed by atoms with Gasteiger partial charge in [-0.25, -0.2) is 8.42 Å². The van der Waals surface area contributed by atoms with Gasteiger partial charge >= 0.3 is 5.97 Å². The number of hydrogen-bond acceptors (Lipinski definition) is 3. The smallest absolute Gasteiger partial charge is 0.322 e. The van der Waals surface area contributed by atoms with E-state index in [0.29, 0.717) is 0 Å². The molecule has 0 spiro atoms. The molecule has 1 atom stereocenters. The number of rotatable bonds is 4. The molecule has 0 heterocycles. The Hall–Kier alpha value is -1.36. The Kier molecular flexibility index (Phi) is 4.40. The number of sulfone groups is 1. The van der Waals surface area contributed by atoms with Crippen molar-refractivity contribution >= 4 is 15.8 Å². The van der Waals surface area contributed by atoms with Crippen molar-refractivity contribution in [2.45, 2.75) is 49.7 Å². The topological polar surface area (TPSA) is 71.4 Å². The summed E-state index contributed by atoms with van der Waals surface area (Å²) >= 11 is 0. The second-order valence-corrected chi connectivity index (χ2v) is 7.68. The van der Waals surface area contributed by atoms with Crippen molar-refractivity contribution < 1.29 is 18.3 Å². The van der Waals surface area contributed by atoms with Gasteiger partial charge < -0.3 is 5.11 Å². The number of carboxylic acid groups (broad SMARTS) is 1. The van der Waals surface area contributed by atoms with Crippen molar-refractivity contribution in [3.63, 3.8) is 0 Å². The highest BCUT2D eigenvalue weighted by Crippen LogP contribution is 2.25. The molecule has 0 amide bonds. The molecule has 1 rings (SSSR count). The van der Waals surface area contributed by atoms with Crippen LogP contribution in [0.3, 0.4) is 0 Å². The zero-order chi connectivity index (χ0) is 14.8. The highest BCUT2D eigenvalue weighted by molar-refractivity contribution is 7.92. The van der Waals surface area contributed by atoms with E-state index in [2.05, 4.69) is 0 Å². The molecule has 0 saturated heterocycles. The first kappa shape index (κ1) is 15.7. The zero-order valence-corrected chi connectivity index (χ0v) is 12.5. The van der Waals surface area contributed by atoms with Gasteiger partial charge in [-0.3, -0.25) is 4.79 Å². The van der Waals surface area contributed by atoms with Gasteiger partial charge in [0.1, 0.15) is 0 Å². The van der Waals surface area contributed by atoms with Crippen LogP contribution in [0.4, 0.5) is 0 Å². The fraction of sp³-hybridized carbons (Fsp3) is 0.500. The van der Waals surface area contributed by atoms with E-state index in [0.717, 1.165) is 5.56 Å². The molecule has 1 N–H and O–H groups in total. The lowest BCUT2D eigenvalue weighted by Crippen LogP contribution is -2.29. The Morgan fingerprint density at radius 2 is 1.68 bits per heavy atom. The third kappa shape index (κ3) is 3.35. The predicted octanol–water partition coefficient (Wildman–Crippen LogP) is 2.62. The number of carboxylic acids is 1. The Bertz CT molecular complexity index is 550. The maximum atomic E-state index is 12.2. The van der Waals surface area contributed by atoms with Gasteiger partial charge in [0.25, 0.3) is 0 Å². The predicted molar refractivity (Wildman–Crippen MR) is 74.0 cm³/mol. The summed E-state index contributed by atoms with van der Waals surface area (Å²) in [6.07, 6.45) is 0.0543. The maximum Gasteiger partial charge on any atom is 0.322 e. The lowest BCUT2D eigenvalue weighted by atomic mass is 9.87. The van der Waals surface area contributed by atoms with Crippen LogP contribution in [0.15, 0.2) is 29.2 Å². The van der Waals surface area contributed by atoms with Crippen molar-refractivity contribution in [1.82, 2.24) is 0 Å². The van der Waals surface area contributed by atoms with Crippen LogP contribution < -0.4 is 0 Å². The summed E-state index contributed by atoms with van der Waals surface area (Å²) < 4.78 is 24.4. The van der Waals surface area contributed by atoms with Crippen LogP contribution in [0.2, 0.25) is 0 Å². The van der Waals surface area contributed by atoms with E-state index < -0.39 is 21.1 Å². The molecule has 0 aliphatic carbocycles. The molecule has 0 bridgehead atoms. The molecule has 0 aliphatic rings. The van der Waals surface area contributed by atoms with E-state index in [-0.39, 0.29) is 16.7 Å². The molecule has 4 nitrogen and oxygen atoms in total. The third-order valence-electron chi connectivity index (χ3n) is 3.07. The van der Waals surface area contributed by atoms with Gasteiger partial charge in [0.2, 0.25) is 0 Å². The minimum absolute atomic E-state index is 0.0543. The first-order valence-electron chi connectivity index (χ1n) is 6.18. The number of hydrogen-bond donors (Lipinski definition) is 1. The summed E-state index contributed by atoms with van der Waals surface area (Å²) in [7, 11) is -3.81.